The number of nitrogens with two attached hydrogens (primary N) is 1. The molecule has 1 aromatic heterocycles. The lowest BCUT2D eigenvalue weighted by Crippen LogP contribution is -2.17. The number of para-hydroxylation sites is 1. The Bertz CT molecular complexity index is 1010. The Morgan fingerprint density at radius 3 is 2.50 bits per heavy atom. The zero-order valence-corrected chi connectivity index (χ0v) is 11.8. The first kappa shape index (κ1) is 15.0. The average molecular weight is 328 g/mol. The summed E-state index contributed by atoms with van der Waals surface area (Å²) in [5.74, 6) is -0.854. The second-order valence-corrected chi connectivity index (χ2v) is 4.74. The van der Waals surface area contributed by atoms with Gasteiger partial charge in [-0.1, -0.05) is 17.3 Å². The van der Waals surface area contributed by atoms with Crippen molar-refractivity contribution in [3.05, 3.63) is 62.2 Å². The summed E-state index contributed by atoms with van der Waals surface area (Å²) in [5, 5.41) is 29.5. The van der Waals surface area contributed by atoms with Gasteiger partial charge in [0.1, 0.15) is 11.2 Å². The molecule has 3 rings (SSSR count). The number of benzene rings is 2. The maximum Gasteiger partial charge on any atom is 0.299 e. The van der Waals surface area contributed by atoms with Crippen LogP contribution in [0, 0.1) is 20.2 Å². The van der Waals surface area contributed by atoms with Crippen molar-refractivity contribution in [3.63, 3.8) is 0 Å². The van der Waals surface area contributed by atoms with E-state index >= 15 is 0 Å². The van der Waals surface area contributed by atoms with Gasteiger partial charge in [0.2, 0.25) is 0 Å². The van der Waals surface area contributed by atoms with Crippen LogP contribution in [0.1, 0.15) is 10.4 Å². The minimum atomic E-state index is -0.890. The van der Waals surface area contributed by atoms with E-state index in [0.29, 0.717) is 17.1 Å². The molecule has 120 valence electrons. The minimum Gasteiger partial charge on any atom is -0.392 e. The first-order valence-electron chi connectivity index (χ1n) is 6.47. The van der Waals surface area contributed by atoms with Gasteiger partial charge in [0.05, 0.1) is 27.0 Å². The number of nitrogen functional groups attached to an aromatic ring is 1. The van der Waals surface area contributed by atoms with E-state index in [1.54, 1.807) is 24.3 Å². The maximum atomic E-state index is 12.6. The van der Waals surface area contributed by atoms with Gasteiger partial charge in [-0.3, -0.25) is 25.0 Å². The van der Waals surface area contributed by atoms with Crippen molar-refractivity contribution in [1.29, 1.82) is 0 Å². The van der Waals surface area contributed by atoms with Crippen LogP contribution in [0.3, 0.4) is 0 Å². The molecule has 24 heavy (non-hydrogen) atoms. The van der Waals surface area contributed by atoms with E-state index < -0.39 is 38.4 Å². The fourth-order valence-electron chi connectivity index (χ4n) is 2.19. The van der Waals surface area contributed by atoms with Crippen LogP contribution in [-0.2, 0) is 0 Å². The summed E-state index contributed by atoms with van der Waals surface area (Å²) in [6.45, 7) is 0. The van der Waals surface area contributed by atoms with E-state index in [2.05, 4.69) is 10.3 Å². The number of anilines is 1. The molecule has 0 saturated carbocycles. The predicted molar refractivity (Wildman–Crippen MR) is 81.4 cm³/mol. The molecule has 0 aliphatic rings. The largest absolute Gasteiger partial charge is 0.392 e. The lowest BCUT2D eigenvalue weighted by atomic mass is 10.1. The van der Waals surface area contributed by atoms with E-state index in [-0.39, 0.29) is 0 Å². The number of nitro groups is 2. The van der Waals surface area contributed by atoms with Gasteiger partial charge < -0.3 is 5.73 Å². The summed E-state index contributed by atoms with van der Waals surface area (Å²) in [6.07, 6.45) is 0. The van der Waals surface area contributed by atoms with Crippen molar-refractivity contribution < 1.29 is 14.6 Å². The van der Waals surface area contributed by atoms with Gasteiger partial charge in [0, 0.05) is 6.07 Å². The normalized spacial score (nSPS) is 10.7. The number of carbonyl (C=O) groups excluding carboxylic acids is 1. The van der Waals surface area contributed by atoms with Crippen LogP contribution in [0.15, 0.2) is 36.4 Å². The molecule has 11 heteroatoms. The Morgan fingerprint density at radius 1 is 1.12 bits per heavy atom. The number of fused-ring (bicyclic) bond motifs is 1. The summed E-state index contributed by atoms with van der Waals surface area (Å²) >= 11 is 0. The fourth-order valence-corrected chi connectivity index (χ4v) is 2.19. The summed E-state index contributed by atoms with van der Waals surface area (Å²) in [6, 6.07) is 8.10. The first-order valence-corrected chi connectivity index (χ1v) is 6.47. The number of carbonyl (C=O) groups is 1. The lowest BCUT2D eigenvalue weighted by molar-refractivity contribution is -0.393. The third kappa shape index (κ3) is 2.29. The van der Waals surface area contributed by atoms with Crippen molar-refractivity contribution in [2.75, 3.05) is 5.73 Å². The van der Waals surface area contributed by atoms with Crippen LogP contribution < -0.4 is 5.73 Å². The molecule has 0 aliphatic carbocycles. The Morgan fingerprint density at radius 2 is 1.83 bits per heavy atom. The summed E-state index contributed by atoms with van der Waals surface area (Å²) in [7, 11) is 0. The minimum absolute atomic E-state index is 0.344. The Labute approximate surface area is 132 Å². The van der Waals surface area contributed by atoms with Crippen LogP contribution in [0.5, 0.6) is 0 Å². The molecule has 0 saturated heterocycles. The molecule has 0 fully saturated rings. The van der Waals surface area contributed by atoms with Crippen molar-refractivity contribution in [3.8, 4) is 0 Å². The second kappa shape index (κ2) is 5.39. The van der Waals surface area contributed by atoms with Gasteiger partial charge >= 0.3 is 0 Å². The van der Waals surface area contributed by atoms with E-state index in [4.69, 9.17) is 5.73 Å². The molecule has 0 atom stereocenters. The van der Waals surface area contributed by atoms with Gasteiger partial charge in [-0.15, -0.1) is 5.10 Å². The number of nitrogens with zero attached hydrogens (tertiary/aromatic N) is 5. The molecule has 0 unspecified atom stereocenters. The molecule has 1 heterocycles. The lowest BCUT2D eigenvalue weighted by Gasteiger charge is -2.06. The third-order valence-electron chi connectivity index (χ3n) is 3.33. The number of non-ortho nitro benzene ring substituents is 1. The zero-order chi connectivity index (χ0) is 17.4. The van der Waals surface area contributed by atoms with E-state index in [1.807, 2.05) is 0 Å². The average Bonchev–Trinajstić information content (AvgIpc) is 2.98. The van der Waals surface area contributed by atoms with Crippen molar-refractivity contribution in [1.82, 2.24) is 15.0 Å². The van der Waals surface area contributed by atoms with Crippen LogP contribution in [-0.4, -0.2) is 30.7 Å². The number of aromatic nitrogens is 3. The Hall–Kier alpha value is -3.89. The number of hydrogen-bond acceptors (Lipinski definition) is 8. The monoisotopic (exact) mass is 328 g/mol. The van der Waals surface area contributed by atoms with Gasteiger partial charge in [0.15, 0.2) is 0 Å². The Kier molecular flexibility index (Phi) is 3.37. The van der Waals surface area contributed by atoms with Crippen LogP contribution in [0.2, 0.25) is 0 Å². The second-order valence-electron chi connectivity index (χ2n) is 4.74. The molecule has 0 aliphatic heterocycles. The Balaban J connectivity index is 2.23. The van der Waals surface area contributed by atoms with Gasteiger partial charge in [0.25, 0.3) is 17.3 Å². The van der Waals surface area contributed by atoms with Crippen molar-refractivity contribution in [2.45, 2.75) is 0 Å². The molecule has 11 nitrogen and oxygen atoms in total. The van der Waals surface area contributed by atoms with Gasteiger partial charge in [-0.05, 0) is 12.1 Å². The quantitative estimate of drug-likeness (QED) is 0.430. The maximum absolute atomic E-state index is 12.6. The van der Waals surface area contributed by atoms with Crippen LogP contribution in [0.4, 0.5) is 17.1 Å². The smallest absolute Gasteiger partial charge is 0.299 e. The summed E-state index contributed by atoms with van der Waals surface area (Å²) in [5.41, 5.74) is 4.20. The van der Waals surface area contributed by atoms with E-state index in [9.17, 15) is 25.0 Å². The standard InChI is InChI=1S/C13H8N6O5/c14-12-8(5-7(18(21)22)6-11(12)19(23)24)13(20)17-10-4-2-1-3-9(10)15-16-17/h1-6H,14H2. The first-order chi connectivity index (χ1) is 11.4. The SMILES string of the molecule is Nc1c(C(=O)n2nnc3ccccc32)cc([N+](=O)[O-])cc1[N+](=O)[O-]. The van der Waals surface area contributed by atoms with Gasteiger partial charge in [-0.25, -0.2) is 0 Å². The fraction of sp³-hybridized carbons (Fsp3) is 0. The molecule has 0 amide bonds. The summed E-state index contributed by atoms with van der Waals surface area (Å²) in [4.78, 5) is 32.9. The highest BCUT2D eigenvalue weighted by atomic mass is 16.6. The topological polar surface area (TPSA) is 160 Å². The summed E-state index contributed by atoms with van der Waals surface area (Å²) < 4.78 is 0.883. The molecule has 0 radical (unpaired) electrons. The molecule has 0 bridgehead atoms. The molecular formula is C13H8N6O5. The highest BCUT2D eigenvalue weighted by molar-refractivity contribution is 6.05. The van der Waals surface area contributed by atoms with E-state index in [1.165, 1.54) is 0 Å². The molecule has 2 aromatic carbocycles. The zero-order valence-electron chi connectivity index (χ0n) is 11.8. The molecule has 0 spiro atoms. The third-order valence-corrected chi connectivity index (χ3v) is 3.33. The number of nitro benzene ring substituents is 2. The van der Waals surface area contributed by atoms with Crippen LogP contribution in [0.25, 0.3) is 11.0 Å². The van der Waals surface area contributed by atoms with Crippen molar-refractivity contribution in [2.24, 2.45) is 0 Å². The highest BCUT2D eigenvalue weighted by Gasteiger charge is 2.27. The van der Waals surface area contributed by atoms with Gasteiger partial charge in [-0.2, -0.15) is 4.68 Å². The predicted octanol–water partition coefficient (Wildman–Crippen LogP) is 1.52. The molecule has 2 N–H and O–H groups in total. The molecule has 3 aromatic rings. The van der Waals surface area contributed by atoms with Crippen LogP contribution >= 0.6 is 0 Å². The number of hydrogen-bond donors (Lipinski definition) is 1. The number of rotatable bonds is 3. The van der Waals surface area contributed by atoms with E-state index in [0.717, 1.165) is 10.7 Å². The highest BCUT2D eigenvalue weighted by Crippen LogP contribution is 2.31. The molecular weight excluding hydrogens is 320 g/mol. The van der Waals surface area contributed by atoms with Crippen molar-refractivity contribution >= 4 is 34.0 Å².